The number of carbonyl (C=O) groups excluding carboxylic acids is 1. The lowest BCUT2D eigenvalue weighted by molar-refractivity contribution is 0.0937. The minimum Gasteiger partial charge on any atom is -0.496 e. The van der Waals surface area contributed by atoms with Crippen LogP contribution in [0.15, 0.2) is 60.7 Å². The van der Waals surface area contributed by atoms with Crippen LogP contribution < -0.4 is 10.1 Å². The summed E-state index contributed by atoms with van der Waals surface area (Å²) in [5, 5.41) is 5.15. The van der Waals surface area contributed by atoms with E-state index in [1.54, 1.807) is 7.11 Å². The fourth-order valence-electron chi connectivity index (χ4n) is 2.97. The molecule has 3 nitrogen and oxygen atoms in total. The topological polar surface area (TPSA) is 38.3 Å². The van der Waals surface area contributed by atoms with Crippen LogP contribution in [-0.4, -0.2) is 13.0 Å². The highest BCUT2D eigenvalue weighted by atomic mass is 16.5. The zero-order valence-corrected chi connectivity index (χ0v) is 14.9. The number of rotatable bonds is 5. The molecule has 0 aromatic heterocycles. The molecule has 3 aromatic carbocycles. The zero-order valence-electron chi connectivity index (χ0n) is 14.9. The second kappa shape index (κ2) is 7.39. The minimum atomic E-state index is -0.130. The third-order valence-electron chi connectivity index (χ3n) is 4.55. The van der Waals surface area contributed by atoms with Crippen LogP contribution in [0.1, 0.15) is 41.4 Å². The molecule has 0 aliphatic rings. The standard InChI is InChI=1S/C22H23NO2/c1-4-16-9-11-17(12-10-16)15(2)23-22(24)20-13-18-7-5-6-8-19(18)14-21(20)25-3/h5-15H,4H2,1-3H3,(H,23,24). The second-order valence-electron chi connectivity index (χ2n) is 6.19. The molecule has 0 fully saturated rings. The Bertz CT molecular complexity index is 884. The van der Waals surface area contributed by atoms with Gasteiger partial charge in [-0.1, -0.05) is 55.5 Å². The first-order valence-corrected chi connectivity index (χ1v) is 8.59. The number of hydrogen-bond donors (Lipinski definition) is 1. The van der Waals surface area contributed by atoms with Crippen LogP contribution in [0.4, 0.5) is 0 Å². The van der Waals surface area contributed by atoms with E-state index in [9.17, 15) is 4.79 Å². The van der Waals surface area contributed by atoms with E-state index in [0.717, 1.165) is 22.8 Å². The Kier molecular flexibility index (Phi) is 5.03. The third-order valence-corrected chi connectivity index (χ3v) is 4.55. The van der Waals surface area contributed by atoms with Gasteiger partial charge < -0.3 is 10.1 Å². The van der Waals surface area contributed by atoms with Crippen LogP contribution in [-0.2, 0) is 6.42 Å². The maximum atomic E-state index is 12.8. The molecule has 1 atom stereocenters. The summed E-state index contributed by atoms with van der Waals surface area (Å²) >= 11 is 0. The van der Waals surface area contributed by atoms with Gasteiger partial charge in [0.2, 0.25) is 0 Å². The largest absolute Gasteiger partial charge is 0.496 e. The number of methoxy groups -OCH3 is 1. The quantitative estimate of drug-likeness (QED) is 0.721. The SMILES string of the molecule is CCc1ccc(C(C)NC(=O)c2cc3ccccc3cc2OC)cc1. The zero-order chi connectivity index (χ0) is 17.8. The number of carbonyl (C=O) groups is 1. The predicted molar refractivity (Wildman–Crippen MR) is 102 cm³/mol. The van der Waals surface area contributed by atoms with Gasteiger partial charge in [-0.25, -0.2) is 0 Å². The monoisotopic (exact) mass is 333 g/mol. The molecule has 128 valence electrons. The Hall–Kier alpha value is -2.81. The van der Waals surface area contributed by atoms with Crippen molar-refractivity contribution in [3.63, 3.8) is 0 Å². The lowest BCUT2D eigenvalue weighted by Gasteiger charge is -2.16. The van der Waals surface area contributed by atoms with Gasteiger partial charge in [0.05, 0.1) is 18.7 Å². The molecule has 0 radical (unpaired) electrons. The highest BCUT2D eigenvalue weighted by molar-refractivity contribution is 6.01. The van der Waals surface area contributed by atoms with Gasteiger partial charge in [-0.05, 0) is 47.4 Å². The number of nitrogens with one attached hydrogen (secondary N) is 1. The molecule has 0 aliphatic carbocycles. The molecule has 0 aliphatic heterocycles. The number of fused-ring (bicyclic) bond motifs is 1. The Labute approximate surface area is 148 Å². The van der Waals surface area contributed by atoms with Crippen LogP contribution in [0.3, 0.4) is 0 Å². The van der Waals surface area contributed by atoms with Crippen LogP contribution in [0.2, 0.25) is 0 Å². The summed E-state index contributed by atoms with van der Waals surface area (Å²) < 4.78 is 5.43. The summed E-state index contributed by atoms with van der Waals surface area (Å²) in [6, 6.07) is 20.0. The Morgan fingerprint density at radius 3 is 2.28 bits per heavy atom. The van der Waals surface area contributed by atoms with Gasteiger partial charge >= 0.3 is 0 Å². The molecule has 3 heteroatoms. The summed E-state index contributed by atoms with van der Waals surface area (Å²) in [4.78, 5) is 12.8. The van der Waals surface area contributed by atoms with Gasteiger partial charge in [-0.2, -0.15) is 0 Å². The Morgan fingerprint density at radius 1 is 1.04 bits per heavy atom. The highest BCUT2D eigenvalue weighted by Gasteiger charge is 2.16. The minimum absolute atomic E-state index is 0.0745. The average molecular weight is 333 g/mol. The van der Waals surface area contributed by atoms with E-state index in [4.69, 9.17) is 4.74 Å². The van der Waals surface area contributed by atoms with Crippen molar-refractivity contribution in [2.75, 3.05) is 7.11 Å². The number of aryl methyl sites for hydroxylation is 1. The molecule has 3 rings (SSSR count). The van der Waals surface area contributed by atoms with E-state index in [-0.39, 0.29) is 11.9 Å². The molecular weight excluding hydrogens is 310 g/mol. The average Bonchev–Trinajstić information content (AvgIpc) is 2.66. The van der Waals surface area contributed by atoms with Crippen molar-refractivity contribution >= 4 is 16.7 Å². The van der Waals surface area contributed by atoms with Crippen molar-refractivity contribution in [2.24, 2.45) is 0 Å². The number of ether oxygens (including phenoxy) is 1. The van der Waals surface area contributed by atoms with Gasteiger partial charge in [0, 0.05) is 0 Å². The maximum absolute atomic E-state index is 12.8. The molecule has 0 heterocycles. The number of hydrogen-bond acceptors (Lipinski definition) is 2. The molecule has 0 saturated heterocycles. The van der Waals surface area contributed by atoms with Crippen molar-refractivity contribution in [1.29, 1.82) is 0 Å². The van der Waals surface area contributed by atoms with E-state index in [0.29, 0.717) is 11.3 Å². The first kappa shape index (κ1) is 17.0. The highest BCUT2D eigenvalue weighted by Crippen LogP contribution is 2.26. The summed E-state index contributed by atoms with van der Waals surface area (Å²) in [5.41, 5.74) is 2.93. The molecular formula is C22H23NO2. The third kappa shape index (κ3) is 3.66. The number of benzene rings is 3. The first-order chi connectivity index (χ1) is 12.1. The summed E-state index contributed by atoms with van der Waals surface area (Å²) in [7, 11) is 1.59. The van der Waals surface area contributed by atoms with E-state index in [1.165, 1.54) is 5.56 Å². The van der Waals surface area contributed by atoms with Crippen molar-refractivity contribution in [3.8, 4) is 5.75 Å². The Morgan fingerprint density at radius 2 is 1.68 bits per heavy atom. The van der Waals surface area contributed by atoms with Gasteiger partial charge in [-0.3, -0.25) is 4.79 Å². The fraction of sp³-hybridized carbons (Fsp3) is 0.227. The number of amides is 1. The van der Waals surface area contributed by atoms with E-state index < -0.39 is 0 Å². The smallest absolute Gasteiger partial charge is 0.255 e. The summed E-state index contributed by atoms with van der Waals surface area (Å²) in [6.45, 7) is 4.12. The second-order valence-corrected chi connectivity index (χ2v) is 6.19. The molecule has 0 spiro atoms. The van der Waals surface area contributed by atoms with Crippen molar-refractivity contribution in [3.05, 3.63) is 77.4 Å². The molecule has 25 heavy (non-hydrogen) atoms. The van der Waals surface area contributed by atoms with Gasteiger partial charge in [0.15, 0.2) is 0 Å². The predicted octanol–water partition coefficient (Wildman–Crippen LogP) is 4.90. The molecule has 1 N–H and O–H groups in total. The first-order valence-electron chi connectivity index (χ1n) is 8.59. The lowest BCUT2D eigenvalue weighted by atomic mass is 10.0. The van der Waals surface area contributed by atoms with Crippen molar-refractivity contribution < 1.29 is 9.53 Å². The fourth-order valence-corrected chi connectivity index (χ4v) is 2.97. The summed E-state index contributed by atoms with van der Waals surface area (Å²) in [5.74, 6) is 0.458. The maximum Gasteiger partial charge on any atom is 0.255 e. The van der Waals surface area contributed by atoms with Crippen LogP contribution in [0.25, 0.3) is 10.8 Å². The lowest BCUT2D eigenvalue weighted by Crippen LogP contribution is -2.27. The molecule has 1 amide bonds. The molecule has 0 saturated carbocycles. The van der Waals surface area contributed by atoms with Crippen LogP contribution >= 0.6 is 0 Å². The normalized spacial score (nSPS) is 12.0. The van der Waals surface area contributed by atoms with Crippen molar-refractivity contribution in [2.45, 2.75) is 26.3 Å². The van der Waals surface area contributed by atoms with Gasteiger partial charge in [0.25, 0.3) is 5.91 Å². The van der Waals surface area contributed by atoms with Gasteiger partial charge in [-0.15, -0.1) is 0 Å². The van der Waals surface area contributed by atoms with Crippen molar-refractivity contribution in [1.82, 2.24) is 5.32 Å². The molecule has 1 unspecified atom stereocenters. The van der Waals surface area contributed by atoms with Crippen LogP contribution in [0.5, 0.6) is 5.75 Å². The van der Waals surface area contributed by atoms with Gasteiger partial charge in [0.1, 0.15) is 5.75 Å². The van der Waals surface area contributed by atoms with Crippen LogP contribution in [0, 0.1) is 0 Å². The Balaban J connectivity index is 1.85. The van der Waals surface area contributed by atoms with E-state index >= 15 is 0 Å². The van der Waals surface area contributed by atoms with E-state index in [1.807, 2.05) is 43.3 Å². The molecule has 3 aromatic rings. The van der Waals surface area contributed by atoms with E-state index in [2.05, 4.69) is 36.5 Å². The molecule has 0 bridgehead atoms. The summed E-state index contributed by atoms with van der Waals surface area (Å²) in [6.07, 6.45) is 1.01.